The van der Waals surface area contributed by atoms with Gasteiger partial charge in [0.1, 0.15) is 0 Å². The number of ether oxygens (including phenoxy) is 1. The van der Waals surface area contributed by atoms with E-state index in [1.54, 1.807) is 0 Å². The molecule has 0 aliphatic heterocycles. The minimum atomic E-state index is -1.36. The van der Waals surface area contributed by atoms with Gasteiger partial charge in [-0.25, -0.2) is 9.59 Å². The molecular weight excluding hydrogens is 401 g/mol. The number of carbonyl (C=O) groups is 4. The quantitative estimate of drug-likeness (QED) is 0.506. The van der Waals surface area contributed by atoms with Gasteiger partial charge in [-0.05, 0) is 30.3 Å². The second kappa shape index (κ2) is 8.07. The van der Waals surface area contributed by atoms with Gasteiger partial charge in [0.2, 0.25) is 0 Å². The highest BCUT2D eigenvalue weighted by Crippen LogP contribution is 2.34. The van der Waals surface area contributed by atoms with Gasteiger partial charge < -0.3 is 20.3 Å². The first kappa shape index (κ1) is 20.2. The molecule has 0 bridgehead atoms. The lowest BCUT2D eigenvalue weighted by molar-refractivity contribution is -0.131. The summed E-state index contributed by atoms with van der Waals surface area (Å²) >= 11 is 11.9. The first-order chi connectivity index (χ1) is 12.6. The van der Waals surface area contributed by atoms with E-state index < -0.39 is 23.8 Å². The van der Waals surface area contributed by atoms with Crippen molar-refractivity contribution in [2.24, 2.45) is 0 Å². The average molecular weight is 412 g/mol. The summed E-state index contributed by atoms with van der Waals surface area (Å²) in [6, 6.07) is 5.55. The number of rotatable bonds is 5. The van der Waals surface area contributed by atoms with Crippen LogP contribution in [0.2, 0.25) is 10.0 Å². The fraction of sp³-hybridized carbons (Fsp3) is 0.0588. The van der Waals surface area contributed by atoms with Gasteiger partial charge in [0.25, 0.3) is 5.91 Å². The molecule has 140 valence electrons. The van der Waals surface area contributed by atoms with Crippen molar-refractivity contribution >= 4 is 52.7 Å². The predicted molar refractivity (Wildman–Crippen MR) is 96.1 cm³/mol. The molecule has 0 atom stereocenters. The van der Waals surface area contributed by atoms with E-state index in [4.69, 9.17) is 38.2 Å². The van der Waals surface area contributed by atoms with E-state index in [1.165, 1.54) is 12.1 Å². The molecule has 1 amide bonds. The molecule has 3 N–H and O–H groups in total. The number of benzene rings is 2. The molecule has 0 aliphatic carbocycles. The SMILES string of the molecule is CC(=O)Oc1c(Cl)cc(C(=O)Nc2cc(C(=O)O)cc(C(=O)O)c2)cc1Cl. The maximum atomic E-state index is 12.4. The molecule has 0 heterocycles. The van der Waals surface area contributed by atoms with E-state index in [0.29, 0.717) is 0 Å². The van der Waals surface area contributed by atoms with E-state index in [0.717, 1.165) is 25.1 Å². The Balaban J connectivity index is 2.36. The van der Waals surface area contributed by atoms with Crippen LogP contribution in [-0.4, -0.2) is 34.0 Å². The first-order valence-electron chi connectivity index (χ1n) is 7.19. The lowest BCUT2D eigenvalue weighted by Gasteiger charge is -2.11. The molecule has 0 aromatic heterocycles. The highest BCUT2D eigenvalue weighted by atomic mass is 35.5. The molecule has 0 aliphatic rings. The Bertz CT molecular complexity index is 916. The van der Waals surface area contributed by atoms with Gasteiger partial charge in [0.05, 0.1) is 21.2 Å². The van der Waals surface area contributed by atoms with Crippen LogP contribution in [0.5, 0.6) is 5.75 Å². The fourth-order valence-corrected chi connectivity index (χ4v) is 2.65. The number of aromatic carboxylic acids is 2. The summed E-state index contributed by atoms with van der Waals surface area (Å²) in [7, 11) is 0. The Kier molecular flexibility index (Phi) is 6.04. The van der Waals surface area contributed by atoms with E-state index in [1.807, 2.05) is 0 Å². The van der Waals surface area contributed by atoms with Gasteiger partial charge in [0.15, 0.2) is 5.75 Å². The summed E-state index contributed by atoms with van der Waals surface area (Å²) in [6.45, 7) is 1.16. The summed E-state index contributed by atoms with van der Waals surface area (Å²) < 4.78 is 4.85. The molecule has 10 heteroatoms. The largest absolute Gasteiger partial charge is 0.478 e. The van der Waals surface area contributed by atoms with Crippen LogP contribution in [0.4, 0.5) is 5.69 Å². The van der Waals surface area contributed by atoms with Crippen LogP contribution in [-0.2, 0) is 4.79 Å². The zero-order valence-electron chi connectivity index (χ0n) is 13.6. The van der Waals surface area contributed by atoms with Crippen molar-refractivity contribution < 1.29 is 34.1 Å². The zero-order valence-corrected chi connectivity index (χ0v) is 15.1. The monoisotopic (exact) mass is 411 g/mol. The minimum Gasteiger partial charge on any atom is -0.478 e. The molecular formula is C17H11Cl2NO7. The Hall–Kier alpha value is -3.10. The van der Waals surface area contributed by atoms with Crippen molar-refractivity contribution in [3.63, 3.8) is 0 Å². The molecule has 2 aromatic carbocycles. The molecule has 8 nitrogen and oxygen atoms in total. The maximum absolute atomic E-state index is 12.4. The predicted octanol–water partition coefficient (Wildman–Crippen LogP) is 3.57. The fourth-order valence-electron chi connectivity index (χ4n) is 2.08. The van der Waals surface area contributed by atoms with E-state index in [9.17, 15) is 19.2 Å². The third-order valence-electron chi connectivity index (χ3n) is 3.19. The summed E-state index contributed by atoms with van der Waals surface area (Å²) in [4.78, 5) is 45.7. The zero-order chi connectivity index (χ0) is 20.3. The number of nitrogens with one attached hydrogen (secondary N) is 1. The minimum absolute atomic E-state index is 0.0153. The smallest absolute Gasteiger partial charge is 0.335 e. The molecule has 27 heavy (non-hydrogen) atoms. The Morgan fingerprint density at radius 1 is 0.852 bits per heavy atom. The molecule has 0 unspecified atom stereocenters. The van der Waals surface area contributed by atoms with Gasteiger partial charge in [-0.15, -0.1) is 0 Å². The second-order valence-electron chi connectivity index (χ2n) is 5.23. The standard InChI is InChI=1S/C17H11Cl2NO7/c1-7(21)27-14-12(18)5-8(6-13(14)19)15(22)20-11-3-9(16(23)24)2-10(4-11)17(25)26/h2-6H,1H3,(H,20,22)(H,23,24)(H,25,26). The summed E-state index contributed by atoms with van der Waals surface area (Å²) in [5, 5.41) is 20.3. The van der Waals surface area contributed by atoms with Crippen LogP contribution in [0.3, 0.4) is 0 Å². The lowest BCUT2D eigenvalue weighted by atomic mass is 10.1. The van der Waals surface area contributed by atoms with Crippen LogP contribution in [0.15, 0.2) is 30.3 Å². The number of carbonyl (C=O) groups excluding carboxylic acids is 2. The highest BCUT2D eigenvalue weighted by molar-refractivity contribution is 6.38. The van der Waals surface area contributed by atoms with Crippen LogP contribution < -0.4 is 10.1 Å². The van der Waals surface area contributed by atoms with Gasteiger partial charge in [-0.1, -0.05) is 23.2 Å². The number of esters is 1. The number of hydrogen-bond donors (Lipinski definition) is 3. The van der Waals surface area contributed by atoms with Gasteiger partial charge in [-0.3, -0.25) is 9.59 Å². The number of carboxylic acid groups (broad SMARTS) is 2. The summed E-state index contributed by atoms with van der Waals surface area (Å²) in [5.41, 5.74) is -0.690. The first-order valence-corrected chi connectivity index (χ1v) is 7.94. The third-order valence-corrected chi connectivity index (χ3v) is 3.75. The van der Waals surface area contributed by atoms with Crippen molar-refractivity contribution in [2.75, 3.05) is 5.32 Å². The molecule has 2 rings (SSSR count). The normalized spacial score (nSPS) is 10.2. The molecule has 2 aromatic rings. The topological polar surface area (TPSA) is 130 Å². The number of hydrogen-bond acceptors (Lipinski definition) is 5. The average Bonchev–Trinajstić information content (AvgIpc) is 2.57. The number of halogens is 2. The molecule has 0 saturated carbocycles. The van der Waals surface area contributed by atoms with Crippen molar-refractivity contribution in [1.82, 2.24) is 0 Å². The van der Waals surface area contributed by atoms with Crippen LogP contribution in [0.1, 0.15) is 38.0 Å². The van der Waals surface area contributed by atoms with Gasteiger partial charge in [0, 0.05) is 18.2 Å². The summed E-state index contributed by atoms with van der Waals surface area (Å²) in [5.74, 6) is -4.20. The number of carboxylic acids is 2. The Morgan fingerprint density at radius 2 is 1.33 bits per heavy atom. The molecule has 0 radical (unpaired) electrons. The van der Waals surface area contributed by atoms with Gasteiger partial charge in [-0.2, -0.15) is 0 Å². The van der Waals surface area contributed by atoms with E-state index in [-0.39, 0.29) is 38.2 Å². The van der Waals surface area contributed by atoms with Crippen molar-refractivity contribution in [3.05, 3.63) is 57.1 Å². The molecule has 0 saturated heterocycles. The van der Waals surface area contributed by atoms with Crippen LogP contribution >= 0.6 is 23.2 Å². The van der Waals surface area contributed by atoms with Crippen molar-refractivity contribution in [3.8, 4) is 5.75 Å². The van der Waals surface area contributed by atoms with Crippen LogP contribution in [0, 0.1) is 0 Å². The number of amides is 1. The maximum Gasteiger partial charge on any atom is 0.335 e. The lowest BCUT2D eigenvalue weighted by Crippen LogP contribution is -2.14. The second-order valence-corrected chi connectivity index (χ2v) is 6.04. The third kappa shape index (κ3) is 4.96. The highest BCUT2D eigenvalue weighted by Gasteiger charge is 2.17. The van der Waals surface area contributed by atoms with Crippen molar-refractivity contribution in [2.45, 2.75) is 6.92 Å². The Labute approximate surface area is 162 Å². The van der Waals surface area contributed by atoms with Gasteiger partial charge >= 0.3 is 17.9 Å². The number of anilines is 1. The van der Waals surface area contributed by atoms with E-state index in [2.05, 4.69) is 5.32 Å². The van der Waals surface area contributed by atoms with Crippen LogP contribution in [0.25, 0.3) is 0 Å². The molecule has 0 fully saturated rings. The summed E-state index contributed by atoms with van der Waals surface area (Å²) in [6.07, 6.45) is 0. The Morgan fingerprint density at radius 3 is 1.74 bits per heavy atom. The van der Waals surface area contributed by atoms with E-state index >= 15 is 0 Å². The van der Waals surface area contributed by atoms with Crippen molar-refractivity contribution in [1.29, 1.82) is 0 Å². The molecule has 0 spiro atoms.